The largest absolute Gasteiger partial charge is 0.480 e. The maximum absolute atomic E-state index is 12.1. The summed E-state index contributed by atoms with van der Waals surface area (Å²) in [6.07, 6.45) is 1.21. The molecule has 1 aromatic rings. The van der Waals surface area contributed by atoms with Crippen molar-refractivity contribution in [2.24, 2.45) is 5.11 Å². The van der Waals surface area contributed by atoms with Crippen LogP contribution in [0.15, 0.2) is 20.9 Å². The number of nitrogens with one attached hydrogen (secondary N) is 1. The van der Waals surface area contributed by atoms with Crippen LogP contribution in [0.5, 0.6) is 0 Å². The number of H-pyrrole nitrogens is 1. The van der Waals surface area contributed by atoms with E-state index in [4.69, 9.17) is 10.6 Å². The number of carbonyl (C=O) groups is 2. The molecule has 0 aliphatic carbocycles. The Bertz CT molecular complexity index is 729. The molecule has 0 aromatic carbocycles. The highest BCUT2D eigenvalue weighted by atomic mass is 16.4. The summed E-state index contributed by atoms with van der Waals surface area (Å²) in [7, 11) is 0. The van der Waals surface area contributed by atoms with Crippen LogP contribution < -0.4 is 11.2 Å². The molecule has 1 amide bonds. The molecule has 0 spiro atoms. The number of aryl methyl sites for hydroxylation is 1. The van der Waals surface area contributed by atoms with E-state index in [1.807, 2.05) is 4.98 Å². The smallest absolute Gasteiger partial charge is 0.328 e. The Morgan fingerprint density at radius 2 is 2.18 bits per heavy atom. The van der Waals surface area contributed by atoms with E-state index in [2.05, 4.69) is 10.0 Å². The van der Waals surface area contributed by atoms with Crippen LogP contribution in [0, 0.1) is 6.92 Å². The molecular formula is C11H14N6O5. The number of nitrogens with zero attached hydrogens (tertiary/aromatic N) is 5. The Kier molecular flexibility index (Phi) is 5.90. The maximum atomic E-state index is 12.1. The second kappa shape index (κ2) is 7.64. The second-order valence-corrected chi connectivity index (χ2v) is 4.36. The van der Waals surface area contributed by atoms with Gasteiger partial charge in [-0.25, -0.2) is 4.79 Å². The summed E-state index contributed by atoms with van der Waals surface area (Å²) in [5.74, 6) is -1.89. The van der Waals surface area contributed by atoms with Crippen LogP contribution in [0.25, 0.3) is 10.4 Å². The van der Waals surface area contributed by atoms with Crippen molar-refractivity contribution in [3.8, 4) is 0 Å². The predicted molar refractivity (Wildman–Crippen MR) is 74.3 cm³/mol. The highest BCUT2D eigenvalue weighted by Crippen LogP contribution is 1.95. The van der Waals surface area contributed by atoms with Gasteiger partial charge in [-0.3, -0.25) is 23.9 Å². The average molecular weight is 310 g/mol. The number of rotatable bonds is 7. The summed E-state index contributed by atoms with van der Waals surface area (Å²) >= 11 is 0. The van der Waals surface area contributed by atoms with Gasteiger partial charge in [0.1, 0.15) is 13.1 Å². The van der Waals surface area contributed by atoms with Gasteiger partial charge in [-0.05, 0) is 12.5 Å². The quantitative estimate of drug-likeness (QED) is 0.377. The summed E-state index contributed by atoms with van der Waals surface area (Å²) in [5.41, 5.74) is 7.10. The Balaban J connectivity index is 2.92. The van der Waals surface area contributed by atoms with E-state index in [1.54, 1.807) is 0 Å². The zero-order valence-electron chi connectivity index (χ0n) is 11.7. The van der Waals surface area contributed by atoms with Gasteiger partial charge >= 0.3 is 11.7 Å². The first-order valence-electron chi connectivity index (χ1n) is 6.16. The number of aromatic nitrogens is 2. The van der Waals surface area contributed by atoms with Crippen LogP contribution in [0.1, 0.15) is 5.56 Å². The number of hydrogen-bond acceptors (Lipinski definition) is 5. The maximum Gasteiger partial charge on any atom is 0.328 e. The van der Waals surface area contributed by atoms with E-state index in [9.17, 15) is 19.2 Å². The normalized spacial score (nSPS) is 9.86. The van der Waals surface area contributed by atoms with Gasteiger partial charge < -0.3 is 10.0 Å². The molecule has 0 radical (unpaired) electrons. The molecule has 118 valence electrons. The van der Waals surface area contributed by atoms with Crippen molar-refractivity contribution in [2.75, 3.05) is 19.6 Å². The molecule has 0 bridgehead atoms. The minimum atomic E-state index is -1.24. The zero-order chi connectivity index (χ0) is 16.7. The highest BCUT2D eigenvalue weighted by molar-refractivity contribution is 5.81. The van der Waals surface area contributed by atoms with Crippen molar-refractivity contribution in [2.45, 2.75) is 13.5 Å². The highest BCUT2D eigenvalue weighted by Gasteiger charge is 2.17. The van der Waals surface area contributed by atoms with Gasteiger partial charge in [0.2, 0.25) is 5.91 Å². The monoisotopic (exact) mass is 310 g/mol. The number of carbonyl (C=O) groups excluding carboxylic acids is 1. The lowest BCUT2D eigenvalue weighted by molar-refractivity contribution is -0.144. The topological polar surface area (TPSA) is 161 Å². The van der Waals surface area contributed by atoms with Crippen molar-refractivity contribution in [3.05, 3.63) is 43.0 Å². The lowest BCUT2D eigenvalue weighted by Gasteiger charge is -2.20. The molecule has 2 N–H and O–H groups in total. The van der Waals surface area contributed by atoms with Crippen LogP contribution in [-0.2, 0) is 16.1 Å². The summed E-state index contributed by atoms with van der Waals surface area (Å²) < 4.78 is 0.974. The predicted octanol–water partition coefficient (Wildman–Crippen LogP) is -0.931. The standard InChI is InChI=1S/C11H14N6O5/c1-7-4-17(11(22)14-10(7)21)5-8(18)16(6-9(19)20)3-2-13-15-12/h4H,2-3,5-6H2,1H3,(H,19,20)(H,14,21,22). The van der Waals surface area contributed by atoms with Crippen LogP contribution in [0.2, 0.25) is 0 Å². The van der Waals surface area contributed by atoms with Crippen LogP contribution >= 0.6 is 0 Å². The van der Waals surface area contributed by atoms with E-state index < -0.39 is 36.2 Å². The number of amides is 1. The summed E-state index contributed by atoms with van der Waals surface area (Å²) in [6.45, 7) is 0.272. The first kappa shape index (κ1) is 17.0. The SMILES string of the molecule is Cc1cn(CC(=O)N(CCN=[N+]=[N-])CC(=O)O)c(=O)[nH]c1=O. The van der Waals surface area contributed by atoms with Gasteiger partial charge in [0.05, 0.1) is 0 Å². The van der Waals surface area contributed by atoms with Crippen LogP contribution in [-0.4, -0.2) is 51.1 Å². The fraction of sp³-hybridized carbons (Fsp3) is 0.455. The minimum Gasteiger partial charge on any atom is -0.480 e. The summed E-state index contributed by atoms with van der Waals surface area (Å²) in [6, 6.07) is 0. The second-order valence-electron chi connectivity index (χ2n) is 4.36. The first-order chi connectivity index (χ1) is 10.3. The fourth-order valence-corrected chi connectivity index (χ4v) is 1.65. The Hall–Kier alpha value is -3.07. The fourth-order valence-electron chi connectivity index (χ4n) is 1.65. The Morgan fingerprint density at radius 3 is 2.77 bits per heavy atom. The molecule has 0 aliphatic heterocycles. The van der Waals surface area contributed by atoms with E-state index in [0.717, 1.165) is 9.47 Å². The molecule has 1 rings (SSSR count). The molecule has 0 saturated heterocycles. The Labute approximate surface area is 123 Å². The third-order valence-corrected chi connectivity index (χ3v) is 2.71. The molecule has 22 heavy (non-hydrogen) atoms. The molecule has 0 unspecified atom stereocenters. The summed E-state index contributed by atoms with van der Waals surface area (Å²) in [4.78, 5) is 51.1. The average Bonchev–Trinajstić information content (AvgIpc) is 2.43. The number of aromatic amines is 1. The first-order valence-corrected chi connectivity index (χ1v) is 6.16. The Morgan fingerprint density at radius 1 is 1.50 bits per heavy atom. The van der Waals surface area contributed by atoms with Crippen molar-refractivity contribution < 1.29 is 14.7 Å². The van der Waals surface area contributed by atoms with Crippen molar-refractivity contribution >= 4 is 11.9 Å². The molecule has 0 fully saturated rings. The van der Waals surface area contributed by atoms with E-state index in [1.165, 1.54) is 13.1 Å². The number of carboxylic acids is 1. The summed E-state index contributed by atoms with van der Waals surface area (Å²) in [5, 5.41) is 12.0. The van der Waals surface area contributed by atoms with E-state index in [-0.39, 0.29) is 18.7 Å². The van der Waals surface area contributed by atoms with Gasteiger partial charge in [-0.15, -0.1) is 0 Å². The van der Waals surface area contributed by atoms with Crippen molar-refractivity contribution in [1.29, 1.82) is 0 Å². The van der Waals surface area contributed by atoms with Gasteiger partial charge in [0.15, 0.2) is 0 Å². The number of aliphatic carboxylic acids is 1. The lowest BCUT2D eigenvalue weighted by atomic mass is 10.3. The number of azide groups is 1. The molecule has 11 nitrogen and oxygen atoms in total. The minimum absolute atomic E-state index is 0.0882. The third kappa shape index (κ3) is 4.80. The van der Waals surface area contributed by atoms with Crippen molar-refractivity contribution in [3.63, 3.8) is 0 Å². The zero-order valence-corrected chi connectivity index (χ0v) is 11.7. The molecule has 0 atom stereocenters. The lowest BCUT2D eigenvalue weighted by Crippen LogP contribution is -2.42. The van der Waals surface area contributed by atoms with Crippen molar-refractivity contribution in [1.82, 2.24) is 14.5 Å². The van der Waals surface area contributed by atoms with Gasteiger partial charge in [-0.2, -0.15) is 0 Å². The molecule has 0 saturated carbocycles. The van der Waals surface area contributed by atoms with Gasteiger partial charge in [-0.1, -0.05) is 5.11 Å². The van der Waals surface area contributed by atoms with Gasteiger partial charge in [0.25, 0.3) is 5.56 Å². The van der Waals surface area contributed by atoms with Crippen LogP contribution in [0.4, 0.5) is 0 Å². The van der Waals surface area contributed by atoms with Crippen LogP contribution in [0.3, 0.4) is 0 Å². The third-order valence-electron chi connectivity index (χ3n) is 2.71. The van der Waals surface area contributed by atoms with Gasteiger partial charge in [0, 0.05) is 29.8 Å². The number of carboxylic acid groups (broad SMARTS) is 1. The molecule has 11 heteroatoms. The molecule has 1 heterocycles. The van der Waals surface area contributed by atoms with E-state index >= 15 is 0 Å². The molecular weight excluding hydrogens is 296 g/mol. The number of hydrogen-bond donors (Lipinski definition) is 2. The molecule has 0 aliphatic rings. The molecule has 1 aromatic heterocycles. The van der Waals surface area contributed by atoms with E-state index in [0.29, 0.717) is 0 Å².